The van der Waals surface area contributed by atoms with E-state index < -0.39 is 5.54 Å². The summed E-state index contributed by atoms with van der Waals surface area (Å²) in [7, 11) is 1.83. The first-order valence-electron chi connectivity index (χ1n) is 7.93. The average Bonchev–Trinajstić information content (AvgIpc) is 2.53. The van der Waals surface area contributed by atoms with Gasteiger partial charge in [-0.1, -0.05) is 19.3 Å². The van der Waals surface area contributed by atoms with Gasteiger partial charge in [-0.2, -0.15) is 0 Å². The van der Waals surface area contributed by atoms with E-state index in [1.807, 2.05) is 7.05 Å². The molecule has 1 saturated carbocycles. The number of carbonyl (C=O) groups excluding carboxylic acids is 2. The molecule has 0 bridgehead atoms. The van der Waals surface area contributed by atoms with Crippen molar-refractivity contribution in [3.05, 3.63) is 0 Å². The Balaban J connectivity index is 1.78. The maximum absolute atomic E-state index is 12.2. The zero-order valence-corrected chi connectivity index (χ0v) is 12.9. The fourth-order valence-electron chi connectivity index (χ4n) is 3.09. The molecule has 21 heavy (non-hydrogen) atoms. The highest BCUT2D eigenvalue weighted by Crippen LogP contribution is 2.21. The average molecular weight is 297 g/mol. The second kappa shape index (κ2) is 7.22. The molecule has 2 amide bonds. The Morgan fingerprint density at radius 2 is 1.86 bits per heavy atom. The Labute approximate surface area is 126 Å². The van der Waals surface area contributed by atoms with Gasteiger partial charge in [-0.15, -0.1) is 0 Å². The van der Waals surface area contributed by atoms with E-state index in [-0.39, 0.29) is 18.4 Å². The topological polar surface area (TPSA) is 84.7 Å². The molecule has 0 radical (unpaired) electrons. The van der Waals surface area contributed by atoms with E-state index in [1.54, 1.807) is 4.90 Å². The van der Waals surface area contributed by atoms with Gasteiger partial charge in [-0.05, 0) is 25.7 Å². The van der Waals surface area contributed by atoms with E-state index in [1.165, 1.54) is 19.3 Å². The Morgan fingerprint density at radius 1 is 1.24 bits per heavy atom. The summed E-state index contributed by atoms with van der Waals surface area (Å²) in [6.07, 6.45) is 6.76. The predicted octanol–water partition coefficient (Wildman–Crippen LogP) is 0.402. The molecule has 0 atom stereocenters. The van der Waals surface area contributed by atoms with Crippen LogP contribution >= 0.6 is 0 Å². The van der Waals surface area contributed by atoms with E-state index in [0.29, 0.717) is 32.1 Å². The van der Waals surface area contributed by atoms with Crippen LogP contribution in [0.4, 0.5) is 0 Å². The lowest BCUT2D eigenvalue weighted by atomic mass is 9.90. The maximum Gasteiger partial charge on any atom is 0.241 e. The molecule has 120 valence electrons. The Bertz CT molecular complexity index is 374. The summed E-state index contributed by atoms with van der Waals surface area (Å²) < 4.78 is 5.22. The van der Waals surface area contributed by atoms with E-state index in [0.717, 1.165) is 12.8 Å². The normalized spacial score (nSPS) is 22.6. The van der Waals surface area contributed by atoms with Crippen LogP contribution in [-0.4, -0.2) is 55.1 Å². The molecule has 0 aromatic rings. The van der Waals surface area contributed by atoms with Gasteiger partial charge in [0, 0.05) is 26.3 Å². The first-order valence-corrected chi connectivity index (χ1v) is 7.93. The van der Waals surface area contributed by atoms with E-state index in [2.05, 4.69) is 5.32 Å². The predicted molar refractivity (Wildman–Crippen MR) is 79.6 cm³/mol. The maximum atomic E-state index is 12.2. The number of carbonyl (C=O) groups is 2. The third-order valence-corrected chi connectivity index (χ3v) is 4.75. The van der Waals surface area contributed by atoms with Gasteiger partial charge in [-0.3, -0.25) is 9.59 Å². The number of likely N-dealkylation sites (N-methyl/N-ethyl adjacent to an activating group) is 1. The minimum Gasteiger partial charge on any atom is -0.381 e. The molecule has 1 aliphatic carbocycles. The van der Waals surface area contributed by atoms with Gasteiger partial charge in [0.25, 0.3) is 0 Å². The van der Waals surface area contributed by atoms with E-state index in [9.17, 15) is 9.59 Å². The van der Waals surface area contributed by atoms with Crippen molar-refractivity contribution in [3.63, 3.8) is 0 Å². The lowest BCUT2D eigenvalue weighted by Crippen LogP contribution is -2.58. The highest BCUT2D eigenvalue weighted by atomic mass is 16.5. The molecule has 1 saturated heterocycles. The van der Waals surface area contributed by atoms with Crippen LogP contribution in [0.25, 0.3) is 0 Å². The molecule has 0 unspecified atom stereocenters. The first kappa shape index (κ1) is 16.2. The van der Waals surface area contributed by atoms with Gasteiger partial charge >= 0.3 is 0 Å². The lowest BCUT2D eigenvalue weighted by Gasteiger charge is -2.33. The van der Waals surface area contributed by atoms with Crippen LogP contribution in [0.2, 0.25) is 0 Å². The number of nitrogens with one attached hydrogen (secondary N) is 1. The summed E-state index contributed by atoms with van der Waals surface area (Å²) in [5, 5.41) is 2.70. The van der Waals surface area contributed by atoms with Crippen molar-refractivity contribution in [3.8, 4) is 0 Å². The van der Waals surface area contributed by atoms with Crippen LogP contribution < -0.4 is 11.1 Å². The van der Waals surface area contributed by atoms with Crippen LogP contribution in [0, 0.1) is 0 Å². The number of amides is 2. The smallest absolute Gasteiger partial charge is 0.241 e. The molecule has 0 spiro atoms. The van der Waals surface area contributed by atoms with Gasteiger partial charge in [0.2, 0.25) is 11.8 Å². The SMILES string of the molecule is CN(C(=O)CNC(=O)C1(N)CCOCC1)C1CCCCC1. The summed E-state index contributed by atoms with van der Waals surface area (Å²) in [5.74, 6) is -0.276. The zero-order chi connectivity index (χ0) is 15.3. The van der Waals surface area contributed by atoms with E-state index >= 15 is 0 Å². The zero-order valence-electron chi connectivity index (χ0n) is 12.9. The summed E-state index contributed by atoms with van der Waals surface area (Å²) in [4.78, 5) is 26.1. The summed E-state index contributed by atoms with van der Waals surface area (Å²) in [5.41, 5.74) is 5.20. The summed E-state index contributed by atoms with van der Waals surface area (Å²) in [6.45, 7) is 1.03. The third kappa shape index (κ3) is 4.17. The lowest BCUT2D eigenvalue weighted by molar-refractivity contribution is -0.136. The Kier molecular flexibility index (Phi) is 5.58. The quantitative estimate of drug-likeness (QED) is 0.787. The van der Waals surface area contributed by atoms with Crippen LogP contribution in [0.15, 0.2) is 0 Å². The summed E-state index contributed by atoms with van der Waals surface area (Å²) >= 11 is 0. The molecule has 0 aromatic heterocycles. The second-order valence-electron chi connectivity index (χ2n) is 6.25. The molecule has 6 nitrogen and oxygen atoms in total. The van der Waals surface area contributed by atoms with Crippen LogP contribution in [-0.2, 0) is 14.3 Å². The van der Waals surface area contributed by atoms with Crippen molar-refractivity contribution in [2.24, 2.45) is 5.73 Å². The number of rotatable bonds is 4. The molecule has 3 N–H and O–H groups in total. The number of hydrogen-bond acceptors (Lipinski definition) is 4. The van der Waals surface area contributed by atoms with Gasteiger partial charge in [0.15, 0.2) is 0 Å². The molecule has 1 aliphatic heterocycles. The highest BCUT2D eigenvalue weighted by Gasteiger charge is 2.36. The van der Waals surface area contributed by atoms with Crippen LogP contribution in [0.3, 0.4) is 0 Å². The van der Waals surface area contributed by atoms with Gasteiger partial charge in [0.05, 0.1) is 12.1 Å². The van der Waals surface area contributed by atoms with Crippen molar-refractivity contribution < 1.29 is 14.3 Å². The molecule has 0 aromatic carbocycles. The van der Waals surface area contributed by atoms with Crippen molar-refractivity contribution in [1.29, 1.82) is 0 Å². The Hall–Kier alpha value is -1.14. The van der Waals surface area contributed by atoms with Gasteiger partial charge in [-0.25, -0.2) is 0 Å². The Morgan fingerprint density at radius 3 is 2.48 bits per heavy atom. The largest absolute Gasteiger partial charge is 0.381 e. The van der Waals surface area contributed by atoms with Crippen molar-refractivity contribution in [2.45, 2.75) is 56.5 Å². The first-order chi connectivity index (χ1) is 10.0. The van der Waals surface area contributed by atoms with Gasteiger partial charge < -0.3 is 20.7 Å². The molecule has 2 fully saturated rings. The van der Waals surface area contributed by atoms with Crippen molar-refractivity contribution in [2.75, 3.05) is 26.8 Å². The number of hydrogen-bond donors (Lipinski definition) is 2. The molecule has 2 aliphatic rings. The van der Waals surface area contributed by atoms with Gasteiger partial charge in [0.1, 0.15) is 0 Å². The number of nitrogens with zero attached hydrogens (tertiary/aromatic N) is 1. The molecular formula is C15H27N3O3. The molecule has 1 heterocycles. The number of nitrogens with two attached hydrogens (primary N) is 1. The fourth-order valence-corrected chi connectivity index (χ4v) is 3.09. The minimum absolute atomic E-state index is 0.0334. The van der Waals surface area contributed by atoms with Crippen molar-refractivity contribution in [1.82, 2.24) is 10.2 Å². The third-order valence-electron chi connectivity index (χ3n) is 4.75. The standard InChI is InChI=1S/C15H27N3O3/c1-18(12-5-3-2-4-6-12)13(19)11-17-14(20)15(16)7-9-21-10-8-15/h12H,2-11,16H2,1H3,(H,17,20). The van der Waals surface area contributed by atoms with Crippen LogP contribution in [0.1, 0.15) is 44.9 Å². The van der Waals surface area contributed by atoms with E-state index in [4.69, 9.17) is 10.5 Å². The number of ether oxygens (including phenoxy) is 1. The monoisotopic (exact) mass is 297 g/mol. The molecule has 2 rings (SSSR count). The molecular weight excluding hydrogens is 270 g/mol. The fraction of sp³-hybridized carbons (Fsp3) is 0.867. The summed E-state index contributed by atoms with van der Waals surface area (Å²) in [6, 6.07) is 0.318. The minimum atomic E-state index is -0.887. The van der Waals surface area contributed by atoms with Crippen LogP contribution in [0.5, 0.6) is 0 Å². The highest BCUT2D eigenvalue weighted by molar-refractivity contribution is 5.90. The second-order valence-corrected chi connectivity index (χ2v) is 6.25. The van der Waals surface area contributed by atoms with Crippen molar-refractivity contribution >= 4 is 11.8 Å². The molecule has 6 heteroatoms.